The summed E-state index contributed by atoms with van der Waals surface area (Å²) in [4.78, 5) is 12.6. The van der Waals surface area contributed by atoms with E-state index in [1.807, 2.05) is 32.0 Å². The summed E-state index contributed by atoms with van der Waals surface area (Å²) in [5.41, 5.74) is 1.34. The number of benzene rings is 2. The van der Waals surface area contributed by atoms with Crippen LogP contribution in [0.15, 0.2) is 36.4 Å². The summed E-state index contributed by atoms with van der Waals surface area (Å²) < 4.78 is 16.7. The van der Waals surface area contributed by atoms with E-state index in [1.54, 1.807) is 18.2 Å². The molecule has 0 atom stereocenters. The van der Waals surface area contributed by atoms with Gasteiger partial charge in [0.25, 0.3) is 5.91 Å². The summed E-state index contributed by atoms with van der Waals surface area (Å²) in [5.74, 6) is 1.69. The van der Waals surface area contributed by atoms with Gasteiger partial charge in [0.1, 0.15) is 19.0 Å². The van der Waals surface area contributed by atoms with Gasteiger partial charge < -0.3 is 19.5 Å². The lowest BCUT2D eigenvalue weighted by atomic mass is 10.1. The van der Waals surface area contributed by atoms with Crippen molar-refractivity contribution in [3.63, 3.8) is 0 Å². The van der Waals surface area contributed by atoms with E-state index in [4.69, 9.17) is 25.8 Å². The van der Waals surface area contributed by atoms with Crippen LogP contribution in [-0.2, 0) is 6.54 Å². The van der Waals surface area contributed by atoms with Crippen LogP contribution in [0.4, 0.5) is 0 Å². The quantitative estimate of drug-likeness (QED) is 0.879. The lowest BCUT2D eigenvalue weighted by molar-refractivity contribution is 0.0945. The van der Waals surface area contributed by atoms with Crippen molar-refractivity contribution in [1.82, 2.24) is 5.32 Å². The Morgan fingerprint density at radius 2 is 1.92 bits per heavy atom. The van der Waals surface area contributed by atoms with Gasteiger partial charge in [0.05, 0.1) is 11.7 Å². The second-order valence-corrected chi connectivity index (χ2v) is 6.40. The molecular weight excluding hydrogens is 342 g/mol. The standard InChI is InChI=1S/C19H20ClNO4/c1-12(2)25-16-6-4-14(20)10-15(16)19(22)21-11-13-3-5-17-18(9-13)24-8-7-23-17/h3-6,9-10,12H,7-8,11H2,1-2H3,(H,21,22). The van der Waals surface area contributed by atoms with Gasteiger partial charge in [-0.25, -0.2) is 0 Å². The Morgan fingerprint density at radius 1 is 1.16 bits per heavy atom. The number of hydrogen-bond donors (Lipinski definition) is 1. The van der Waals surface area contributed by atoms with Gasteiger partial charge in [-0.05, 0) is 49.7 Å². The second-order valence-electron chi connectivity index (χ2n) is 5.97. The summed E-state index contributed by atoms with van der Waals surface area (Å²) in [7, 11) is 0. The van der Waals surface area contributed by atoms with E-state index >= 15 is 0 Å². The minimum Gasteiger partial charge on any atom is -0.490 e. The van der Waals surface area contributed by atoms with E-state index in [1.165, 1.54) is 0 Å². The summed E-state index contributed by atoms with van der Waals surface area (Å²) in [6.07, 6.45) is -0.0366. The molecule has 0 radical (unpaired) electrons. The maximum Gasteiger partial charge on any atom is 0.255 e. The van der Waals surface area contributed by atoms with E-state index in [-0.39, 0.29) is 12.0 Å². The van der Waals surface area contributed by atoms with Gasteiger partial charge in [0.2, 0.25) is 0 Å². The second kappa shape index (κ2) is 7.66. The average molecular weight is 362 g/mol. The molecule has 0 saturated carbocycles. The van der Waals surface area contributed by atoms with E-state index in [0.29, 0.717) is 41.8 Å². The van der Waals surface area contributed by atoms with Crippen LogP contribution in [0.25, 0.3) is 0 Å². The topological polar surface area (TPSA) is 56.8 Å². The van der Waals surface area contributed by atoms with Gasteiger partial charge in [-0.15, -0.1) is 0 Å². The number of amides is 1. The maximum atomic E-state index is 12.6. The fourth-order valence-corrected chi connectivity index (χ4v) is 2.68. The van der Waals surface area contributed by atoms with Crippen LogP contribution in [0, 0.1) is 0 Å². The zero-order valence-corrected chi connectivity index (χ0v) is 14.9. The normalized spacial score (nSPS) is 12.8. The molecule has 1 heterocycles. The van der Waals surface area contributed by atoms with Crippen LogP contribution < -0.4 is 19.5 Å². The van der Waals surface area contributed by atoms with Crippen molar-refractivity contribution >= 4 is 17.5 Å². The number of fused-ring (bicyclic) bond motifs is 1. The minimum atomic E-state index is -0.243. The molecule has 1 amide bonds. The zero-order chi connectivity index (χ0) is 17.8. The fourth-order valence-electron chi connectivity index (χ4n) is 2.51. The first-order valence-electron chi connectivity index (χ1n) is 8.16. The van der Waals surface area contributed by atoms with Gasteiger partial charge in [0, 0.05) is 11.6 Å². The first-order chi connectivity index (χ1) is 12.0. The van der Waals surface area contributed by atoms with Crippen molar-refractivity contribution in [2.24, 2.45) is 0 Å². The van der Waals surface area contributed by atoms with Gasteiger partial charge in [-0.3, -0.25) is 4.79 Å². The number of halogens is 1. The Morgan fingerprint density at radius 3 is 2.68 bits per heavy atom. The van der Waals surface area contributed by atoms with Crippen LogP contribution in [0.3, 0.4) is 0 Å². The van der Waals surface area contributed by atoms with Crippen LogP contribution in [0.5, 0.6) is 17.2 Å². The third kappa shape index (κ3) is 4.37. The Hall–Kier alpha value is -2.40. The molecule has 5 nitrogen and oxygen atoms in total. The molecule has 1 aliphatic rings. The van der Waals surface area contributed by atoms with Gasteiger partial charge in [-0.1, -0.05) is 17.7 Å². The molecule has 0 spiro atoms. The lowest BCUT2D eigenvalue weighted by Gasteiger charge is -2.19. The predicted octanol–water partition coefficient (Wildman–Crippen LogP) is 3.83. The van der Waals surface area contributed by atoms with Crippen molar-refractivity contribution in [1.29, 1.82) is 0 Å². The maximum absolute atomic E-state index is 12.6. The molecule has 0 unspecified atom stereocenters. The van der Waals surface area contributed by atoms with Gasteiger partial charge in [0.15, 0.2) is 11.5 Å². The first kappa shape index (κ1) is 17.4. The highest BCUT2D eigenvalue weighted by atomic mass is 35.5. The SMILES string of the molecule is CC(C)Oc1ccc(Cl)cc1C(=O)NCc1ccc2c(c1)OCCO2. The zero-order valence-electron chi connectivity index (χ0n) is 14.2. The van der Waals surface area contributed by atoms with E-state index in [9.17, 15) is 4.79 Å². The predicted molar refractivity (Wildman–Crippen MR) is 95.8 cm³/mol. The molecule has 6 heteroatoms. The molecule has 0 bridgehead atoms. The monoisotopic (exact) mass is 361 g/mol. The van der Waals surface area contributed by atoms with Crippen molar-refractivity contribution in [2.45, 2.75) is 26.5 Å². The summed E-state index contributed by atoms with van der Waals surface area (Å²) >= 11 is 6.03. The number of carbonyl (C=O) groups excluding carboxylic acids is 1. The van der Waals surface area contributed by atoms with Crippen LogP contribution in [0.2, 0.25) is 5.02 Å². The summed E-state index contributed by atoms with van der Waals surface area (Å²) in [5, 5.41) is 3.38. The van der Waals surface area contributed by atoms with Crippen LogP contribution in [-0.4, -0.2) is 25.2 Å². The lowest BCUT2D eigenvalue weighted by Crippen LogP contribution is -2.24. The number of ether oxygens (including phenoxy) is 3. The first-order valence-corrected chi connectivity index (χ1v) is 8.53. The third-order valence-electron chi connectivity index (χ3n) is 3.61. The van der Waals surface area contributed by atoms with E-state index in [2.05, 4.69) is 5.32 Å². The molecule has 1 N–H and O–H groups in total. The largest absolute Gasteiger partial charge is 0.490 e. The molecule has 2 aromatic carbocycles. The minimum absolute atomic E-state index is 0.0366. The van der Waals surface area contributed by atoms with Crippen molar-refractivity contribution in [3.8, 4) is 17.2 Å². The molecule has 2 aromatic rings. The third-order valence-corrected chi connectivity index (χ3v) is 3.84. The Balaban J connectivity index is 1.71. The fraction of sp³-hybridized carbons (Fsp3) is 0.316. The Kier molecular flexibility index (Phi) is 5.34. The van der Waals surface area contributed by atoms with Gasteiger partial charge in [-0.2, -0.15) is 0 Å². The number of rotatable bonds is 5. The van der Waals surface area contributed by atoms with Crippen molar-refractivity contribution in [3.05, 3.63) is 52.5 Å². The smallest absolute Gasteiger partial charge is 0.255 e. The molecule has 0 aliphatic carbocycles. The Bertz CT molecular complexity index is 776. The highest BCUT2D eigenvalue weighted by molar-refractivity contribution is 6.31. The molecule has 0 saturated heterocycles. The number of hydrogen-bond acceptors (Lipinski definition) is 4. The van der Waals surface area contributed by atoms with Gasteiger partial charge >= 0.3 is 0 Å². The highest BCUT2D eigenvalue weighted by Gasteiger charge is 2.16. The van der Waals surface area contributed by atoms with Crippen LogP contribution >= 0.6 is 11.6 Å². The molecule has 132 valence electrons. The number of carbonyl (C=O) groups is 1. The summed E-state index contributed by atoms with van der Waals surface area (Å²) in [6, 6.07) is 10.6. The molecule has 3 rings (SSSR count). The van der Waals surface area contributed by atoms with Crippen molar-refractivity contribution in [2.75, 3.05) is 13.2 Å². The molecule has 0 aromatic heterocycles. The molecule has 1 aliphatic heterocycles. The highest BCUT2D eigenvalue weighted by Crippen LogP contribution is 2.31. The van der Waals surface area contributed by atoms with Crippen LogP contribution in [0.1, 0.15) is 29.8 Å². The molecular formula is C19H20ClNO4. The van der Waals surface area contributed by atoms with E-state index < -0.39 is 0 Å². The summed E-state index contributed by atoms with van der Waals surface area (Å²) in [6.45, 7) is 5.26. The van der Waals surface area contributed by atoms with Crippen molar-refractivity contribution < 1.29 is 19.0 Å². The number of nitrogens with one attached hydrogen (secondary N) is 1. The van der Waals surface area contributed by atoms with E-state index in [0.717, 1.165) is 11.3 Å². The average Bonchev–Trinajstić information content (AvgIpc) is 2.60. The molecule has 25 heavy (non-hydrogen) atoms. The Labute approximate surface area is 151 Å². The molecule has 0 fully saturated rings.